The van der Waals surface area contributed by atoms with E-state index in [4.69, 9.17) is 0 Å². The third-order valence-corrected chi connectivity index (χ3v) is 3.07. The quantitative estimate of drug-likeness (QED) is 0.755. The highest BCUT2D eigenvalue weighted by molar-refractivity contribution is 5.88. The van der Waals surface area contributed by atoms with Gasteiger partial charge in [-0.05, 0) is 24.6 Å². The minimum absolute atomic E-state index is 0.0550. The van der Waals surface area contributed by atoms with E-state index in [0.717, 1.165) is 30.0 Å². The van der Waals surface area contributed by atoms with Crippen molar-refractivity contribution in [1.29, 1.82) is 0 Å². The molecule has 2 rings (SSSR count). The summed E-state index contributed by atoms with van der Waals surface area (Å²) >= 11 is 0. The molecular formula is C15H20N4O. The highest BCUT2D eigenvalue weighted by Crippen LogP contribution is 2.17. The summed E-state index contributed by atoms with van der Waals surface area (Å²) in [6.45, 7) is 4.46. The number of aromatic nitrogens is 2. The number of nitrogens with zero attached hydrogens (tertiary/aromatic N) is 1. The molecule has 0 aliphatic rings. The molecule has 1 atom stereocenters. The van der Waals surface area contributed by atoms with Gasteiger partial charge in [0.05, 0.1) is 0 Å². The summed E-state index contributed by atoms with van der Waals surface area (Å²) < 4.78 is 0. The van der Waals surface area contributed by atoms with E-state index in [1.54, 1.807) is 6.20 Å². The number of hydrogen-bond acceptors (Lipinski definition) is 3. The average molecular weight is 272 g/mol. The normalized spacial score (nSPS) is 12.1. The highest BCUT2D eigenvalue weighted by atomic mass is 16.1. The van der Waals surface area contributed by atoms with Gasteiger partial charge in [-0.15, -0.1) is 0 Å². The second-order valence-corrected chi connectivity index (χ2v) is 4.77. The van der Waals surface area contributed by atoms with E-state index in [1.165, 1.54) is 6.92 Å². The molecule has 1 aromatic heterocycles. The van der Waals surface area contributed by atoms with Crippen LogP contribution in [0.3, 0.4) is 0 Å². The highest BCUT2D eigenvalue weighted by Gasteiger charge is 2.06. The van der Waals surface area contributed by atoms with Crippen LogP contribution in [0.5, 0.6) is 0 Å². The third kappa shape index (κ3) is 4.20. The summed E-state index contributed by atoms with van der Waals surface area (Å²) in [4.78, 5) is 18.3. The molecule has 1 unspecified atom stereocenters. The van der Waals surface area contributed by atoms with Crippen LogP contribution in [0.15, 0.2) is 36.7 Å². The lowest BCUT2D eigenvalue weighted by Gasteiger charge is -2.15. The molecule has 0 fully saturated rings. The van der Waals surface area contributed by atoms with Crippen LogP contribution in [0.4, 0.5) is 5.69 Å². The molecule has 1 heterocycles. The van der Waals surface area contributed by atoms with Gasteiger partial charge in [0, 0.05) is 44.0 Å². The minimum Gasteiger partial charge on any atom is -0.349 e. The molecule has 5 heteroatoms. The number of carbonyl (C=O) groups excluding carboxylic acids is 1. The monoisotopic (exact) mass is 272 g/mol. The zero-order valence-electron chi connectivity index (χ0n) is 11.8. The Morgan fingerprint density at radius 2 is 2.30 bits per heavy atom. The Morgan fingerprint density at radius 3 is 3.00 bits per heavy atom. The van der Waals surface area contributed by atoms with Crippen LogP contribution in [0.25, 0.3) is 0 Å². The maximum Gasteiger partial charge on any atom is 0.221 e. The number of anilines is 1. The Kier molecular flexibility index (Phi) is 4.90. The fourth-order valence-electron chi connectivity index (χ4n) is 2.05. The van der Waals surface area contributed by atoms with Gasteiger partial charge in [-0.2, -0.15) is 0 Å². The molecule has 0 saturated carbocycles. The van der Waals surface area contributed by atoms with Crippen molar-refractivity contribution < 1.29 is 4.79 Å². The van der Waals surface area contributed by atoms with Crippen LogP contribution in [-0.2, 0) is 11.2 Å². The summed E-state index contributed by atoms with van der Waals surface area (Å²) in [6, 6.07) is 8.10. The van der Waals surface area contributed by atoms with Crippen molar-refractivity contribution in [2.24, 2.45) is 0 Å². The summed E-state index contributed by atoms with van der Waals surface area (Å²) in [7, 11) is 0. The molecule has 5 nitrogen and oxygen atoms in total. The van der Waals surface area contributed by atoms with Gasteiger partial charge >= 0.3 is 0 Å². The zero-order chi connectivity index (χ0) is 14.4. The number of hydrogen-bond donors (Lipinski definition) is 3. The van der Waals surface area contributed by atoms with Gasteiger partial charge in [-0.25, -0.2) is 4.98 Å². The summed E-state index contributed by atoms with van der Waals surface area (Å²) in [5, 5.41) is 6.24. The van der Waals surface area contributed by atoms with Crippen molar-refractivity contribution >= 4 is 11.6 Å². The standard InChI is InChI=1S/C15H20N4O/c1-11(16-7-6-15-17-8-9-18-15)13-4-3-5-14(10-13)19-12(2)20/h3-5,8-11,16H,6-7H2,1-2H3,(H,17,18)(H,19,20). The maximum atomic E-state index is 11.1. The molecular weight excluding hydrogens is 252 g/mol. The van der Waals surface area contributed by atoms with Crippen molar-refractivity contribution in [3.05, 3.63) is 48.0 Å². The largest absolute Gasteiger partial charge is 0.349 e. The molecule has 0 aliphatic carbocycles. The van der Waals surface area contributed by atoms with Crippen LogP contribution >= 0.6 is 0 Å². The Balaban J connectivity index is 1.88. The van der Waals surface area contributed by atoms with Crippen LogP contribution < -0.4 is 10.6 Å². The molecule has 0 bridgehead atoms. The lowest BCUT2D eigenvalue weighted by atomic mass is 10.1. The number of H-pyrrole nitrogens is 1. The van der Waals surface area contributed by atoms with E-state index in [1.807, 2.05) is 24.4 Å². The maximum absolute atomic E-state index is 11.1. The lowest BCUT2D eigenvalue weighted by Crippen LogP contribution is -2.21. The van der Waals surface area contributed by atoms with Crippen LogP contribution in [0.2, 0.25) is 0 Å². The van der Waals surface area contributed by atoms with Crippen molar-refractivity contribution in [1.82, 2.24) is 15.3 Å². The predicted octanol–water partition coefficient (Wildman–Crippen LogP) is 2.26. The molecule has 1 aromatic carbocycles. The molecule has 1 amide bonds. The van der Waals surface area contributed by atoms with Crippen LogP contribution in [-0.4, -0.2) is 22.4 Å². The Morgan fingerprint density at radius 1 is 1.45 bits per heavy atom. The molecule has 0 radical (unpaired) electrons. The van der Waals surface area contributed by atoms with Crippen molar-refractivity contribution in [3.8, 4) is 0 Å². The Hall–Kier alpha value is -2.14. The molecule has 2 aromatic rings. The predicted molar refractivity (Wildman–Crippen MR) is 79.5 cm³/mol. The number of nitrogens with one attached hydrogen (secondary N) is 3. The van der Waals surface area contributed by atoms with Gasteiger partial charge in [-0.1, -0.05) is 12.1 Å². The van der Waals surface area contributed by atoms with Crippen molar-refractivity contribution in [2.75, 3.05) is 11.9 Å². The van der Waals surface area contributed by atoms with E-state index >= 15 is 0 Å². The van der Waals surface area contributed by atoms with Gasteiger partial charge in [0.25, 0.3) is 0 Å². The lowest BCUT2D eigenvalue weighted by molar-refractivity contribution is -0.114. The van der Waals surface area contributed by atoms with E-state index in [0.29, 0.717) is 0 Å². The molecule has 0 spiro atoms. The Bertz CT molecular complexity index is 551. The van der Waals surface area contributed by atoms with E-state index < -0.39 is 0 Å². The zero-order valence-corrected chi connectivity index (χ0v) is 11.8. The van der Waals surface area contributed by atoms with Crippen LogP contribution in [0, 0.1) is 0 Å². The molecule has 3 N–H and O–H groups in total. The first-order valence-electron chi connectivity index (χ1n) is 6.74. The van der Waals surface area contributed by atoms with Gasteiger partial charge in [0.15, 0.2) is 0 Å². The Labute approximate surface area is 118 Å². The number of rotatable bonds is 6. The van der Waals surface area contributed by atoms with E-state index in [9.17, 15) is 4.79 Å². The second-order valence-electron chi connectivity index (χ2n) is 4.77. The van der Waals surface area contributed by atoms with Gasteiger partial charge in [-0.3, -0.25) is 4.79 Å². The van der Waals surface area contributed by atoms with E-state index in [-0.39, 0.29) is 11.9 Å². The van der Waals surface area contributed by atoms with Gasteiger partial charge in [0.1, 0.15) is 5.82 Å². The average Bonchev–Trinajstić information content (AvgIpc) is 2.91. The number of aromatic amines is 1. The summed E-state index contributed by atoms with van der Waals surface area (Å²) in [5.74, 6) is 0.928. The van der Waals surface area contributed by atoms with Crippen molar-refractivity contribution in [2.45, 2.75) is 26.3 Å². The van der Waals surface area contributed by atoms with E-state index in [2.05, 4.69) is 33.6 Å². The third-order valence-electron chi connectivity index (χ3n) is 3.07. The molecule has 0 saturated heterocycles. The second kappa shape index (κ2) is 6.86. The number of imidazole rings is 1. The van der Waals surface area contributed by atoms with Gasteiger partial charge < -0.3 is 15.6 Å². The minimum atomic E-state index is -0.0550. The smallest absolute Gasteiger partial charge is 0.221 e. The fraction of sp³-hybridized carbons (Fsp3) is 0.333. The summed E-state index contributed by atoms with van der Waals surface area (Å²) in [6.07, 6.45) is 4.45. The fourth-order valence-corrected chi connectivity index (χ4v) is 2.05. The molecule has 0 aliphatic heterocycles. The molecule has 106 valence electrons. The first-order chi connectivity index (χ1) is 9.65. The topological polar surface area (TPSA) is 69.8 Å². The number of benzene rings is 1. The van der Waals surface area contributed by atoms with Crippen LogP contribution in [0.1, 0.15) is 31.3 Å². The van der Waals surface area contributed by atoms with Crippen molar-refractivity contribution in [3.63, 3.8) is 0 Å². The first kappa shape index (κ1) is 14.3. The van der Waals surface area contributed by atoms with Gasteiger partial charge in [0.2, 0.25) is 5.91 Å². The summed E-state index contributed by atoms with van der Waals surface area (Å²) in [5.41, 5.74) is 1.98. The first-order valence-corrected chi connectivity index (χ1v) is 6.74. The molecule has 20 heavy (non-hydrogen) atoms. The SMILES string of the molecule is CC(=O)Nc1cccc(C(C)NCCc2ncc[nH]2)c1. The number of carbonyl (C=O) groups is 1. The number of amides is 1.